The molecule has 6 aromatic rings. The summed E-state index contributed by atoms with van der Waals surface area (Å²) in [6, 6.07) is 12.6. The third-order valence-corrected chi connectivity index (χ3v) is 6.46. The third-order valence-electron chi connectivity index (χ3n) is 5.50. The van der Waals surface area contributed by atoms with Gasteiger partial charge in [-0.2, -0.15) is 0 Å². The SMILES string of the molecule is CC(C)(C)c1cc(-c2ncnc3oc4c5ccoc5ccc4c23)cc2ccsc12. The van der Waals surface area contributed by atoms with E-state index in [1.54, 1.807) is 23.9 Å². The van der Waals surface area contributed by atoms with Gasteiger partial charge in [-0.3, -0.25) is 0 Å². The van der Waals surface area contributed by atoms with Crippen LogP contribution < -0.4 is 0 Å². The lowest BCUT2D eigenvalue weighted by Crippen LogP contribution is -2.11. The molecule has 0 radical (unpaired) electrons. The van der Waals surface area contributed by atoms with Gasteiger partial charge in [0.15, 0.2) is 0 Å². The van der Waals surface area contributed by atoms with E-state index in [0.29, 0.717) is 5.71 Å². The number of rotatable bonds is 1. The predicted molar refractivity (Wildman–Crippen MR) is 119 cm³/mol. The topological polar surface area (TPSA) is 52.1 Å². The molecule has 0 aliphatic heterocycles. The second kappa shape index (κ2) is 5.67. The molecule has 0 fully saturated rings. The molecule has 2 aromatic carbocycles. The highest BCUT2D eigenvalue weighted by atomic mass is 32.1. The minimum absolute atomic E-state index is 0.0344. The lowest BCUT2D eigenvalue weighted by atomic mass is 9.85. The summed E-state index contributed by atoms with van der Waals surface area (Å²) in [6.07, 6.45) is 3.27. The highest BCUT2D eigenvalue weighted by molar-refractivity contribution is 7.17. The summed E-state index contributed by atoms with van der Waals surface area (Å²) in [7, 11) is 0. The molecule has 0 aliphatic carbocycles. The van der Waals surface area contributed by atoms with Crippen molar-refractivity contribution in [3.8, 4) is 11.3 Å². The van der Waals surface area contributed by atoms with Crippen LogP contribution >= 0.6 is 11.3 Å². The van der Waals surface area contributed by atoms with E-state index >= 15 is 0 Å². The maximum atomic E-state index is 6.15. The highest BCUT2D eigenvalue weighted by Gasteiger charge is 2.22. The molecule has 29 heavy (non-hydrogen) atoms. The summed E-state index contributed by atoms with van der Waals surface area (Å²) in [4.78, 5) is 9.10. The van der Waals surface area contributed by atoms with Crippen LogP contribution in [0.2, 0.25) is 0 Å². The molecule has 5 heteroatoms. The molecule has 4 nitrogen and oxygen atoms in total. The Hall–Kier alpha value is -3.18. The summed E-state index contributed by atoms with van der Waals surface area (Å²) >= 11 is 1.79. The largest absolute Gasteiger partial charge is 0.464 e. The lowest BCUT2D eigenvalue weighted by Gasteiger charge is -2.21. The van der Waals surface area contributed by atoms with Crippen LogP contribution in [-0.2, 0) is 5.41 Å². The molecule has 0 unspecified atom stereocenters. The van der Waals surface area contributed by atoms with Gasteiger partial charge in [-0.05, 0) is 58.1 Å². The normalized spacial score (nSPS) is 12.7. The number of hydrogen-bond donors (Lipinski definition) is 0. The van der Waals surface area contributed by atoms with Gasteiger partial charge in [0.25, 0.3) is 0 Å². The van der Waals surface area contributed by atoms with E-state index in [1.807, 2.05) is 18.2 Å². The maximum absolute atomic E-state index is 6.15. The van der Waals surface area contributed by atoms with Gasteiger partial charge >= 0.3 is 0 Å². The minimum Gasteiger partial charge on any atom is -0.464 e. The Bertz CT molecular complexity index is 1550. The zero-order chi connectivity index (χ0) is 19.8. The zero-order valence-electron chi connectivity index (χ0n) is 16.3. The fourth-order valence-corrected chi connectivity index (χ4v) is 5.21. The van der Waals surface area contributed by atoms with Crippen molar-refractivity contribution in [2.24, 2.45) is 0 Å². The third kappa shape index (κ3) is 2.37. The molecule has 0 bridgehead atoms. The van der Waals surface area contributed by atoms with Crippen molar-refractivity contribution in [2.75, 3.05) is 0 Å². The van der Waals surface area contributed by atoms with Gasteiger partial charge < -0.3 is 8.83 Å². The Balaban J connectivity index is 1.73. The van der Waals surface area contributed by atoms with Gasteiger partial charge in [0.2, 0.25) is 5.71 Å². The molecule has 0 saturated heterocycles. The van der Waals surface area contributed by atoms with Crippen LogP contribution in [0, 0.1) is 0 Å². The standard InChI is InChI=1S/C24H18N2O2S/c1-24(2,3)17-11-14(10-13-7-9-29-22(13)17)20-19-16-4-5-18-15(6-8-27-18)21(16)28-23(19)26-12-25-20/h4-12H,1-3H3. The second-order valence-corrected chi connectivity index (χ2v) is 9.31. The van der Waals surface area contributed by atoms with Gasteiger partial charge in [-0.25, -0.2) is 9.97 Å². The first-order valence-electron chi connectivity index (χ1n) is 9.56. The molecule has 0 N–H and O–H groups in total. The number of nitrogens with zero attached hydrogens (tertiary/aromatic N) is 2. The van der Waals surface area contributed by atoms with Gasteiger partial charge in [-0.1, -0.05) is 20.8 Å². The average molecular weight is 398 g/mol. The Kier molecular flexibility index (Phi) is 3.28. The van der Waals surface area contributed by atoms with Gasteiger partial charge in [-0.15, -0.1) is 11.3 Å². The molecule has 0 atom stereocenters. The molecule has 4 heterocycles. The van der Waals surface area contributed by atoms with Crippen molar-refractivity contribution in [3.63, 3.8) is 0 Å². The first-order valence-corrected chi connectivity index (χ1v) is 10.4. The van der Waals surface area contributed by atoms with Crippen molar-refractivity contribution in [3.05, 3.63) is 59.9 Å². The van der Waals surface area contributed by atoms with Crippen molar-refractivity contribution < 1.29 is 8.83 Å². The fraction of sp³-hybridized carbons (Fsp3) is 0.167. The molecule has 0 saturated carbocycles. The van der Waals surface area contributed by atoms with Crippen molar-refractivity contribution >= 4 is 54.5 Å². The summed E-state index contributed by atoms with van der Waals surface area (Å²) < 4.78 is 13.0. The molecule has 0 aliphatic rings. The van der Waals surface area contributed by atoms with Crippen LogP contribution in [0.5, 0.6) is 0 Å². The van der Waals surface area contributed by atoms with E-state index in [-0.39, 0.29) is 5.41 Å². The van der Waals surface area contributed by atoms with E-state index in [9.17, 15) is 0 Å². The molecule has 142 valence electrons. The Morgan fingerprint density at radius 1 is 0.966 bits per heavy atom. The monoisotopic (exact) mass is 398 g/mol. The van der Waals surface area contributed by atoms with E-state index in [0.717, 1.165) is 38.6 Å². The molecule has 6 rings (SSSR count). The summed E-state index contributed by atoms with van der Waals surface area (Å²) in [6.45, 7) is 6.76. The first kappa shape index (κ1) is 16.7. The molecule has 4 aromatic heterocycles. The summed E-state index contributed by atoms with van der Waals surface area (Å²) in [5.41, 5.74) is 5.55. The predicted octanol–water partition coefficient (Wildman–Crippen LogP) is 7.30. The molecular weight excluding hydrogens is 380 g/mol. The molecular formula is C24H18N2O2S. The second-order valence-electron chi connectivity index (χ2n) is 8.39. The Labute approximate surface area is 170 Å². The van der Waals surface area contributed by atoms with Crippen molar-refractivity contribution in [2.45, 2.75) is 26.2 Å². The fourth-order valence-electron chi connectivity index (χ4n) is 4.11. The van der Waals surface area contributed by atoms with Gasteiger partial charge in [0, 0.05) is 15.6 Å². The van der Waals surface area contributed by atoms with Crippen LogP contribution in [-0.4, -0.2) is 9.97 Å². The minimum atomic E-state index is 0.0344. The van der Waals surface area contributed by atoms with Crippen LogP contribution in [0.25, 0.3) is 54.4 Å². The number of thiophene rings is 1. The van der Waals surface area contributed by atoms with E-state index in [1.165, 1.54) is 15.6 Å². The molecule has 0 spiro atoms. The van der Waals surface area contributed by atoms with Crippen molar-refractivity contribution in [1.82, 2.24) is 9.97 Å². The lowest BCUT2D eigenvalue weighted by molar-refractivity contribution is 0.597. The van der Waals surface area contributed by atoms with Crippen LogP contribution in [0.4, 0.5) is 0 Å². The first-order chi connectivity index (χ1) is 14.0. The van der Waals surface area contributed by atoms with Crippen LogP contribution in [0.1, 0.15) is 26.3 Å². The summed E-state index contributed by atoms with van der Waals surface area (Å²) in [5.74, 6) is 0. The number of hydrogen-bond acceptors (Lipinski definition) is 5. The van der Waals surface area contributed by atoms with E-state index < -0.39 is 0 Å². The van der Waals surface area contributed by atoms with Crippen LogP contribution in [0.3, 0.4) is 0 Å². The van der Waals surface area contributed by atoms with Gasteiger partial charge in [0.1, 0.15) is 17.5 Å². The van der Waals surface area contributed by atoms with Gasteiger partial charge in [0.05, 0.1) is 22.7 Å². The molecule has 0 amide bonds. The number of benzene rings is 2. The highest BCUT2D eigenvalue weighted by Crippen LogP contribution is 2.41. The zero-order valence-corrected chi connectivity index (χ0v) is 17.1. The summed E-state index contributed by atoms with van der Waals surface area (Å²) in [5, 5.41) is 6.30. The number of aromatic nitrogens is 2. The van der Waals surface area contributed by atoms with E-state index in [2.05, 4.69) is 49.3 Å². The smallest absolute Gasteiger partial charge is 0.231 e. The van der Waals surface area contributed by atoms with E-state index in [4.69, 9.17) is 13.8 Å². The quantitative estimate of drug-likeness (QED) is 0.291. The maximum Gasteiger partial charge on any atom is 0.231 e. The average Bonchev–Trinajstić information content (AvgIpc) is 3.42. The number of furan rings is 2. The van der Waals surface area contributed by atoms with Crippen LogP contribution in [0.15, 0.2) is 63.2 Å². The van der Waals surface area contributed by atoms with Crippen molar-refractivity contribution in [1.29, 1.82) is 0 Å². The number of fused-ring (bicyclic) bond motifs is 6. The Morgan fingerprint density at radius 3 is 2.72 bits per heavy atom. The Morgan fingerprint density at radius 2 is 1.86 bits per heavy atom.